The number of likely N-dealkylation sites (tertiary alicyclic amines) is 1. The van der Waals surface area contributed by atoms with Gasteiger partial charge < -0.3 is 10.0 Å². The number of carbonyl (C=O) groups is 1. The van der Waals surface area contributed by atoms with Crippen molar-refractivity contribution in [2.75, 3.05) is 19.4 Å². The van der Waals surface area contributed by atoms with E-state index < -0.39 is 10.1 Å². The number of rotatable bonds is 3. The molecule has 112 valence electrons. The summed E-state index contributed by atoms with van der Waals surface area (Å²) in [6.45, 7) is 1.46. The average molecular weight is 301 g/mol. The minimum atomic E-state index is -3.67. The molecule has 1 aromatic rings. The second-order valence-electron chi connectivity index (χ2n) is 4.75. The van der Waals surface area contributed by atoms with E-state index in [0.29, 0.717) is 25.8 Å². The summed E-state index contributed by atoms with van der Waals surface area (Å²) < 4.78 is 25.9. The van der Waals surface area contributed by atoms with Gasteiger partial charge in [-0.3, -0.25) is 9.35 Å². The number of aliphatic hydroxyl groups is 1. The highest BCUT2D eigenvalue weighted by Crippen LogP contribution is 2.19. The van der Waals surface area contributed by atoms with E-state index in [4.69, 9.17) is 9.66 Å². The second kappa shape index (κ2) is 7.37. The third-order valence-corrected chi connectivity index (χ3v) is 2.77. The van der Waals surface area contributed by atoms with Gasteiger partial charge in [-0.15, -0.1) is 0 Å². The zero-order valence-electron chi connectivity index (χ0n) is 11.3. The molecule has 1 aromatic carbocycles. The minimum absolute atomic E-state index is 0.108. The highest BCUT2D eigenvalue weighted by Gasteiger charge is 2.28. The lowest BCUT2D eigenvalue weighted by Gasteiger charge is -2.16. The van der Waals surface area contributed by atoms with E-state index >= 15 is 0 Å². The summed E-state index contributed by atoms with van der Waals surface area (Å²) in [5.74, 6) is 0.277. The molecule has 0 radical (unpaired) electrons. The molecule has 1 heterocycles. The molecule has 1 unspecified atom stereocenters. The molecule has 1 aliphatic heterocycles. The zero-order valence-corrected chi connectivity index (χ0v) is 12.1. The molecule has 2 N–H and O–H groups in total. The first-order valence-corrected chi connectivity index (χ1v) is 7.99. The Morgan fingerprint density at radius 2 is 1.85 bits per heavy atom. The molecule has 20 heavy (non-hydrogen) atoms. The van der Waals surface area contributed by atoms with Crippen molar-refractivity contribution in [1.29, 1.82) is 0 Å². The average Bonchev–Trinajstić information content (AvgIpc) is 2.69. The maximum absolute atomic E-state index is 11.6. The Labute approximate surface area is 118 Å². The highest BCUT2D eigenvalue weighted by molar-refractivity contribution is 7.85. The van der Waals surface area contributed by atoms with Gasteiger partial charge in [0.15, 0.2) is 0 Å². The van der Waals surface area contributed by atoms with E-state index in [9.17, 15) is 13.2 Å². The van der Waals surface area contributed by atoms with Gasteiger partial charge in [0.05, 0.1) is 6.26 Å². The van der Waals surface area contributed by atoms with E-state index in [1.54, 1.807) is 0 Å². The Balaban J connectivity index is 0.000000347. The summed E-state index contributed by atoms with van der Waals surface area (Å²) in [7, 11) is -3.67. The summed E-state index contributed by atoms with van der Waals surface area (Å²) in [4.78, 5) is 13.4. The fourth-order valence-electron chi connectivity index (χ4n) is 1.93. The SMILES string of the molecule is CS(=O)(=O)O.O=C1CC(CO)CN1Cc1ccccc1. The maximum atomic E-state index is 11.6. The zero-order chi connectivity index (χ0) is 15.2. The third kappa shape index (κ3) is 6.65. The van der Waals surface area contributed by atoms with Crippen LogP contribution in [-0.2, 0) is 21.5 Å². The molecule has 0 aromatic heterocycles. The lowest BCUT2D eigenvalue weighted by atomic mass is 10.1. The van der Waals surface area contributed by atoms with Gasteiger partial charge in [-0.05, 0) is 5.56 Å². The van der Waals surface area contributed by atoms with E-state index in [0.717, 1.165) is 5.56 Å². The van der Waals surface area contributed by atoms with Crippen molar-refractivity contribution < 1.29 is 22.9 Å². The third-order valence-electron chi connectivity index (χ3n) is 2.77. The number of hydrogen-bond acceptors (Lipinski definition) is 4. The normalized spacial score (nSPS) is 18.6. The van der Waals surface area contributed by atoms with Crippen LogP contribution in [0.3, 0.4) is 0 Å². The standard InChI is InChI=1S/C12H15NO2.CH4O3S/c14-9-11-6-12(15)13(8-11)7-10-4-2-1-3-5-10;1-5(2,3)4/h1-5,11,14H,6-9H2;1H3,(H,2,3,4). The molecule has 0 saturated carbocycles. The Morgan fingerprint density at radius 3 is 2.30 bits per heavy atom. The van der Waals surface area contributed by atoms with Crippen LogP contribution in [0.1, 0.15) is 12.0 Å². The van der Waals surface area contributed by atoms with Crippen molar-refractivity contribution in [2.24, 2.45) is 5.92 Å². The smallest absolute Gasteiger partial charge is 0.261 e. The van der Waals surface area contributed by atoms with Crippen LogP contribution in [0, 0.1) is 5.92 Å². The van der Waals surface area contributed by atoms with E-state index in [-0.39, 0.29) is 18.4 Å². The van der Waals surface area contributed by atoms with E-state index in [2.05, 4.69) is 0 Å². The first-order valence-electron chi connectivity index (χ1n) is 6.14. The fourth-order valence-corrected chi connectivity index (χ4v) is 1.93. The topological polar surface area (TPSA) is 94.9 Å². The fraction of sp³-hybridized carbons (Fsp3) is 0.462. The molecule has 1 aliphatic rings. The van der Waals surface area contributed by atoms with E-state index in [1.165, 1.54) is 0 Å². The van der Waals surface area contributed by atoms with Gasteiger partial charge in [-0.2, -0.15) is 8.42 Å². The Hall–Kier alpha value is -1.44. The Bertz CT molecular complexity index is 521. The van der Waals surface area contributed by atoms with Crippen LogP contribution in [0.25, 0.3) is 0 Å². The quantitative estimate of drug-likeness (QED) is 0.794. The highest BCUT2D eigenvalue weighted by atomic mass is 32.2. The molecule has 1 fully saturated rings. The summed E-state index contributed by atoms with van der Waals surface area (Å²) >= 11 is 0. The summed E-state index contributed by atoms with van der Waals surface area (Å²) in [5.41, 5.74) is 1.14. The molecule has 0 bridgehead atoms. The lowest BCUT2D eigenvalue weighted by Crippen LogP contribution is -2.24. The van der Waals surface area contributed by atoms with Crippen molar-refractivity contribution in [3.05, 3.63) is 35.9 Å². The van der Waals surface area contributed by atoms with Crippen LogP contribution in [0.15, 0.2) is 30.3 Å². The number of nitrogens with zero attached hydrogens (tertiary/aromatic N) is 1. The van der Waals surface area contributed by atoms with Crippen LogP contribution in [0.4, 0.5) is 0 Å². The van der Waals surface area contributed by atoms with Crippen LogP contribution in [0.5, 0.6) is 0 Å². The van der Waals surface area contributed by atoms with Gasteiger partial charge in [0.25, 0.3) is 10.1 Å². The summed E-state index contributed by atoms with van der Waals surface area (Å²) in [6, 6.07) is 9.93. The summed E-state index contributed by atoms with van der Waals surface area (Å²) in [5, 5.41) is 8.99. The van der Waals surface area contributed by atoms with Crippen LogP contribution >= 0.6 is 0 Å². The second-order valence-corrected chi connectivity index (χ2v) is 6.21. The van der Waals surface area contributed by atoms with Crippen molar-refractivity contribution in [1.82, 2.24) is 4.90 Å². The number of amides is 1. The maximum Gasteiger partial charge on any atom is 0.261 e. The number of carbonyl (C=O) groups excluding carboxylic acids is 1. The van der Waals surface area contributed by atoms with Crippen LogP contribution in [-0.4, -0.2) is 48.3 Å². The lowest BCUT2D eigenvalue weighted by molar-refractivity contribution is -0.128. The van der Waals surface area contributed by atoms with Gasteiger partial charge in [-0.25, -0.2) is 0 Å². The van der Waals surface area contributed by atoms with Crippen LogP contribution < -0.4 is 0 Å². The van der Waals surface area contributed by atoms with Crippen molar-refractivity contribution in [3.8, 4) is 0 Å². The van der Waals surface area contributed by atoms with Gasteiger partial charge in [-0.1, -0.05) is 30.3 Å². The molecular weight excluding hydrogens is 282 g/mol. The van der Waals surface area contributed by atoms with Crippen molar-refractivity contribution in [3.63, 3.8) is 0 Å². The molecular formula is C13H19NO5S. The van der Waals surface area contributed by atoms with E-state index in [1.807, 2.05) is 35.2 Å². The molecule has 2 rings (SSSR count). The van der Waals surface area contributed by atoms with Gasteiger partial charge >= 0.3 is 0 Å². The van der Waals surface area contributed by atoms with Crippen molar-refractivity contribution >= 4 is 16.0 Å². The predicted molar refractivity (Wildman–Crippen MR) is 74.5 cm³/mol. The molecule has 0 spiro atoms. The number of benzene rings is 1. The predicted octanol–water partition coefficient (Wildman–Crippen LogP) is 0.531. The van der Waals surface area contributed by atoms with Gasteiger partial charge in [0, 0.05) is 32.0 Å². The molecule has 7 heteroatoms. The number of hydrogen-bond donors (Lipinski definition) is 2. The molecule has 1 atom stereocenters. The Morgan fingerprint density at radius 1 is 1.30 bits per heavy atom. The van der Waals surface area contributed by atoms with Gasteiger partial charge in [0.1, 0.15) is 0 Å². The summed E-state index contributed by atoms with van der Waals surface area (Å²) in [6.07, 6.45) is 1.20. The van der Waals surface area contributed by atoms with Crippen molar-refractivity contribution in [2.45, 2.75) is 13.0 Å². The monoisotopic (exact) mass is 301 g/mol. The first kappa shape index (κ1) is 16.6. The largest absolute Gasteiger partial charge is 0.396 e. The molecule has 1 amide bonds. The van der Waals surface area contributed by atoms with Gasteiger partial charge in [0.2, 0.25) is 5.91 Å². The molecule has 0 aliphatic carbocycles. The molecule has 6 nitrogen and oxygen atoms in total. The first-order chi connectivity index (χ1) is 9.29. The number of aliphatic hydroxyl groups excluding tert-OH is 1. The minimum Gasteiger partial charge on any atom is -0.396 e. The van der Waals surface area contributed by atoms with Crippen LogP contribution in [0.2, 0.25) is 0 Å². The molecule has 1 saturated heterocycles. The Kier molecular flexibility index (Phi) is 6.12.